The molecule has 3 atom stereocenters. The van der Waals surface area contributed by atoms with Gasteiger partial charge in [0.1, 0.15) is 0 Å². The Morgan fingerprint density at radius 3 is 2.50 bits per heavy atom. The van der Waals surface area contributed by atoms with E-state index in [2.05, 4.69) is 49.8 Å². The summed E-state index contributed by atoms with van der Waals surface area (Å²) in [5, 5.41) is 8.14. The van der Waals surface area contributed by atoms with Crippen molar-refractivity contribution < 1.29 is 0 Å². The highest BCUT2D eigenvalue weighted by Gasteiger charge is 2.14. The van der Waals surface area contributed by atoms with Gasteiger partial charge in [-0.15, -0.1) is 0 Å². The second-order valence-electron chi connectivity index (χ2n) is 4.80. The third-order valence-corrected chi connectivity index (χ3v) is 4.11. The van der Waals surface area contributed by atoms with Crippen molar-refractivity contribution in [3.05, 3.63) is 22.4 Å². The average molecular weight is 239 g/mol. The zero-order valence-electron chi connectivity index (χ0n) is 11.0. The van der Waals surface area contributed by atoms with Crippen LogP contribution < -0.4 is 5.32 Å². The van der Waals surface area contributed by atoms with Crippen LogP contribution in [0.5, 0.6) is 0 Å². The van der Waals surface area contributed by atoms with E-state index in [4.69, 9.17) is 0 Å². The monoisotopic (exact) mass is 239 g/mol. The van der Waals surface area contributed by atoms with Crippen LogP contribution in [0.4, 0.5) is 0 Å². The van der Waals surface area contributed by atoms with Crippen molar-refractivity contribution in [3.63, 3.8) is 0 Å². The van der Waals surface area contributed by atoms with E-state index in [0.717, 1.165) is 5.92 Å². The second kappa shape index (κ2) is 7.08. The first kappa shape index (κ1) is 13.7. The molecule has 0 saturated heterocycles. The molecule has 0 aromatic carbocycles. The van der Waals surface area contributed by atoms with Crippen molar-refractivity contribution in [3.8, 4) is 0 Å². The molecular weight excluding hydrogens is 214 g/mol. The quantitative estimate of drug-likeness (QED) is 0.732. The average Bonchev–Trinajstić information content (AvgIpc) is 2.81. The van der Waals surface area contributed by atoms with E-state index in [1.54, 1.807) is 11.3 Å². The van der Waals surface area contributed by atoms with E-state index in [1.807, 2.05) is 0 Å². The summed E-state index contributed by atoms with van der Waals surface area (Å²) in [6.45, 7) is 9.17. The van der Waals surface area contributed by atoms with Gasteiger partial charge in [0.25, 0.3) is 0 Å². The molecule has 3 unspecified atom stereocenters. The van der Waals surface area contributed by atoms with Crippen molar-refractivity contribution in [2.45, 2.75) is 59.0 Å². The van der Waals surface area contributed by atoms with Gasteiger partial charge in [0.2, 0.25) is 0 Å². The lowest BCUT2D eigenvalue weighted by Crippen LogP contribution is -2.32. The first-order chi connectivity index (χ1) is 7.67. The third kappa shape index (κ3) is 4.26. The molecule has 0 bridgehead atoms. The molecule has 1 heterocycles. The standard InChI is InChI=1S/C14H25NS/c1-5-11(3)9-14(6-2)15-12(4)13-7-8-16-10-13/h7-8,10-12,14-15H,5-6,9H2,1-4H3. The molecule has 1 rings (SSSR count). The third-order valence-electron chi connectivity index (χ3n) is 3.41. The van der Waals surface area contributed by atoms with Crippen LogP contribution in [0.3, 0.4) is 0 Å². The zero-order valence-corrected chi connectivity index (χ0v) is 11.8. The Labute approximate surface area is 104 Å². The lowest BCUT2D eigenvalue weighted by Gasteiger charge is -2.24. The molecule has 1 N–H and O–H groups in total. The normalized spacial score (nSPS) is 17.0. The van der Waals surface area contributed by atoms with E-state index >= 15 is 0 Å². The van der Waals surface area contributed by atoms with Crippen molar-refractivity contribution in [1.82, 2.24) is 5.32 Å². The number of thiophene rings is 1. The smallest absolute Gasteiger partial charge is 0.0302 e. The maximum absolute atomic E-state index is 3.74. The van der Waals surface area contributed by atoms with Gasteiger partial charge in [0, 0.05) is 12.1 Å². The summed E-state index contributed by atoms with van der Waals surface area (Å²) >= 11 is 1.78. The highest BCUT2D eigenvalue weighted by Crippen LogP contribution is 2.19. The fraction of sp³-hybridized carbons (Fsp3) is 0.714. The Kier molecular flexibility index (Phi) is 6.07. The molecule has 0 spiro atoms. The Bertz CT molecular complexity index is 268. The minimum Gasteiger partial charge on any atom is -0.307 e. The Hall–Kier alpha value is -0.340. The summed E-state index contributed by atoms with van der Waals surface area (Å²) in [6, 6.07) is 3.36. The summed E-state index contributed by atoms with van der Waals surface area (Å²) in [5.74, 6) is 0.826. The van der Waals surface area contributed by atoms with Crippen molar-refractivity contribution in [2.75, 3.05) is 0 Å². The summed E-state index contributed by atoms with van der Waals surface area (Å²) in [5.41, 5.74) is 1.42. The molecule has 92 valence electrons. The molecule has 0 aliphatic heterocycles. The second-order valence-corrected chi connectivity index (χ2v) is 5.58. The molecule has 0 saturated carbocycles. The summed E-state index contributed by atoms with van der Waals surface area (Å²) in [4.78, 5) is 0. The zero-order chi connectivity index (χ0) is 12.0. The van der Waals surface area contributed by atoms with Crippen LogP contribution in [-0.2, 0) is 0 Å². The highest BCUT2D eigenvalue weighted by molar-refractivity contribution is 7.07. The minimum atomic E-state index is 0.486. The van der Waals surface area contributed by atoms with Crippen LogP contribution in [0.1, 0.15) is 58.6 Å². The van der Waals surface area contributed by atoms with Crippen LogP contribution in [-0.4, -0.2) is 6.04 Å². The van der Waals surface area contributed by atoms with Gasteiger partial charge >= 0.3 is 0 Å². The van der Waals surface area contributed by atoms with Gasteiger partial charge in [0.05, 0.1) is 0 Å². The fourth-order valence-corrected chi connectivity index (χ4v) is 2.73. The molecule has 1 aromatic rings. The lowest BCUT2D eigenvalue weighted by atomic mass is 9.97. The van der Waals surface area contributed by atoms with E-state index in [0.29, 0.717) is 12.1 Å². The number of hydrogen-bond acceptors (Lipinski definition) is 2. The Balaban J connectivity index is 2.43. The fourth-order valence-electron chi connectivity index (χ4n) is 1.98. The topological polar surface area (TPSA) is 12.0 Å². The molecule has 0 aliphatic rings. The highest BCUT2D eigenvalue weighted by atomic mass is 32.1. The van der Waals surface area contributed by atoms with Crippen molar-refractivity contribution >= 4 is 11.3 Å². The van der Waals surface area contributed by atoms with Crippen LogP contribution in [0.25, 0.3) is 0 Å². The number of hydrogen-bond donors (Lipinski definition) is 1. The number of nitrogens with one attached hydrogen (secondary N) is 1. The Morgan fingerprint density at radius 1 is 1.25 bits per heavy atom. The molecule has 2 heteroatoms. The van der Waals surface area contributed by atoms with Crippen LogP contribution in [0.2, 0.25) is 0 Å². The summed E-state index contributed by atoms with van der Waals surface area (Å²) in [6.07, 6.45) is 3.80. The molecular formula is C14H25NS. The van der Waals surface area contributed by atoms with Gasteiger partial charge < -0.3 is 5.32 Å². The van der Waals surface area contributed by atoms with E-state index < -0.39 is 0 Å². The SMILES string of the molecule is CCC(C)CC(CC)NC(C)c1ccsc1. The van der Waals surface area contributed by atoms with Gasteiger partial charge in [-0.2, -0.15) is 11.3 Å². The largest absolute Gasteiger partial charge is 0.307 e. The Morgan fingerprint density at radius 2 is 2.00 bits per heavy atom. The maximum Gasteiger partial charge on any atom is 0.0302 e. The van der Waals surface area contributed by atoms with Gasteiger partial charge in [0.15, 0.2) is 0 Å². The number of rotatable bonds is 7. The van der Waals surface area contributed by atoms with Gasteiger partial charge in [-0.1, -0.05) is 27.2 Å². The van der Waals surface area contributed by atoms with Crippen LogP contribution in [0, 0.1) is 5.92 Å². The molecule has 0 aliphatic carbocycles. The van der Waals surface area contributed by atoms with Crippen LogP contribution >= 0.6 is 11.3 Å². The van der Waals surface area contributed by atoms with Crippen LogP contribution in [0.15, 0.2) is 16.8 Å². The van der Waals surface area contributed by atoms with Gasteiger partial charge in [-0.05, 0) is 48.1 Å². The predicted octanol–water partition coefficient (Wildman–Crippen LogP) is 4.61. The van der Waals surface area contributed by atoms with E-state index in [-0.39, 0.29) is 0 Å². The molecule has 1 nitrogen and oxygen atoms in total. The first-order valence-electron chi connectivity index (χ1n) is 6.45. The minimum absolute atomic E-state index is 0.486. The van der Waals surface area contributed by atoms with Crippen molar-refractivity contribution in [1.29, 1.82) is 0 Å². The van der Waals surface area contributed by atoms with E-state index in [1.165, 1.54) is 24.8 Å². The van der Waals surface area contributed by atoms with Gasteiger partial charge in [-0.3, -0.25) is 0 Å². The van der Waals surface area contributed by atoms with Gasteiger partial charge in [-0.25, -0.2) is 0 Å². The van der Waals surface area contributed by atoms with Crippen molar-refractivity contribution in [2.24, 2.45) is 5.92 Å². The first-order valence-corrected chi connectivity index (χ1v) is 7.39. The molecule has 1 aromatic heterocycles. The molecule has 16 heavy (non-hydrogen) atoms. The molecule has 0 radical (unpaired) electrons. The summed E-state index contributed by atoms with van der Waals surface area (Å²) < 4.78 is 0. The predicted molar refractivity (Wildman–Crippen MR) is 74.0 cm³/mol. The molecule has 0 fully saturated rings. The summed E-state index contributed by atoms with van der Waals surface area (Å²) in [7, 11) is 0. The van der Waals surface area contributed by atoms with E-state index in [9.17, 15) is 0 Å². The molecule has 0 amide bonds. The maximum atomic E-state index is 3.74. The lowest BCUT2D eigenvalue weighted by molar-refractivity contribution is 0.359.